The second kappa shape index (κ2) is 8.55. The fourth-order valence-electron chi connectivity index (χ4n) is 1.89. The fourth-order valence-corrected chi connectivity index (χ4v) is 1.89. The van der Waals surface area contributed by atoms with Gasteiger partial charge in [0.15, 0.2) is 0 Å². The average Bonchev–Trinajstić information content (AvgIpc) is 2.38. The zero-order valence-electron chi connectivity index (χ0n) is 11.0. The SMILES string of the molecule is CCOC(=O)NCC(=O)NCCC1=CCCCC1. The lowest BCUT2D eigenvalue weighted by Crippen LogP contribution is -2.37. The highest BCUT2D eigenvalue weighted by molar-refractivity contribution is 5.82. The lowest BCUT2D eigenvalue weighted by Gasteiger charge is -2.13. The lowest BCUT2D eigenvalue weighted by molar-refractivity contribution is -0.120. The number of rotatable bonds is 6. The van der Waals surface area contributed by atoms with Crippen LogP contribution in [0.4, 0.5) is 4.79 Å². The Kier molecular flexibility index (Phi) is 6.91. The first-order valence-electron chi connectivity index (χ1n) is 6.57. The molecule has 0 aromatic heterocycles. The van der Waals surface area contributed by atoms with Crippen LogP contribution >= 0.6 is 0 Å². The van der Waals surface area contributed by atoms with Crippen LogP contribution in [-0.4, -0.2) is 31.7 Å². The van der Waals surface area contributed by atoms with E-state index in [9.17, 15) is 9.59 Å². The van der Waals surface area contributed by atoms with Crippen LogP contribution in [0.3, 0.4) is 0 Å². The van der Waals surface area contributed by atoms with Crippen LogP contribution in [0.25, 0.3) is 0 Å². The van der Waals surface area contributed by atoms with Crippen molar-refractivity contribution in [3.8, 4) is 0 Å². The van der Waals surface area contributed by atoms with Crippen LogP contribution in [-0.2, 0) is 9.53 Å². The molecule has 18 heavy (non-hydrogen) atoms. The van der Waals surface area contributed by atoms with Crippen LogP contribution in [0, 0.1) is 0 Å². The molecule has 0 unspecified atom stereocenters. The molecule has 2 amide bonds. The van der Waals surface area contributed by atoms with Crippen molar-refractivity contribution in [3.05, 3.63) is 11.6 Å². The van der Waals surface area contributed by atoms with E-state index in [2.05, 4.69) is 21.4 Å². The van der Waals surface area contributed by atoms with E-state index >= 15 is 0 Å². The monoisotopic (exact) mass is 254 g/mol. The number of amides is 2. The Balaban J connectivity index is 2.06. The minimum atomic E-state index is -0.553. The number of ether oxygens (including phenoxy) is 1. The average molecular weight is 254 g/mol. The maximum absolute atomic E-state index is 11.4. The van der Waals surface area contributed by atoms with Crippen LogP contribution in [0.5, 0.6) is 0 Å². The van der Waals surface area contributed by atoms with Gasteiger partial charge in [0, 0.05) is 6.54 Å². The number of allylic oxidation sites excluding steroid dienone is 1. The molecule has 0 aromatic carbocycles. The van der Waals surface area contributed by atoms with E-state index in [1.54, 1.807) is 6.92 Å². The van der Waals surface area contributed by atoms with E-state index in [0.29, 0.717) is 13.2 Å². The van der Waals surface area contributed by atoms with Gasteiger partial charge in [-0.15, -0.1) is 0 Å². The highest BCUT2D eigenvalue weighted by atomic mass is 16.5. The maximum atomic E-state index is 11.4. The smallest absolute Gasteiger partial charge is 0.407 e. The maximum Gasteiger partial charge on any atom is 0.407 e. The van der Waals surface area contributed by atoms with Gasteiger partial charge in [-0.05, 0) is 39.0 Å². The second-order valence-electron chi connectivity index (χ2n) is 4.28. The van der Waals surface area contributed by atoms with Crippen molar-refractivity contribution in [3.63, 3.8) is 0 Å². The Labute approximate surface area is 108 Å². The van der Waals surface area contributed by atoms with Gasteiger partial charge in [-0.3, -0.25) is 4.79 Å². The number of carbonyl (C=O) groups excluding carboxylic acids is 2. The molecule has 0 atom stereocenters. The normalized spacial score (nSPS) is 14.6. The Morgan fingerprint density at radius 3 is 2.83 bits per heavy atom. The van der Waals surface area contributed by atoms with Crippen molar-refractivity contribution in [2.45, 2.75) is 39.0 Å². The van der Waals surface area contributed by atoms with Gasteiger partial charge in [0.05, 0.1) is 13.2 Å². The molecule has 2 N–H and O–H groups in total. The summed E-state index contributed by atoms with van der Waals surface area (Å²) in [6, 6.07) is 0. The lowest BCUT2D eigenvalue weighted by atomic mass is 9.97. The standard InChI is InChI=1S/C13H22N2O3/c1-2-18-13(17)15-10-12(16)14-9-8-11-6-4-3-5-7-11/h6H,2-5,7-10H2,1H3,(H,14,16)(H,15,17). The summed E-state index contributed by atoms with van der Waals surface area (Å²) in [7, 11) is 0. The first kappa shape index (κ1) is 14.5. The molecule has 0 fully saturated rings. The van der Waals surface area contributed by atoms with Gasteiger partial charge in [0.25, 0.3) is 0 Å². The van der Waals surface area contributed by atoms with Crippen molar-refractivity contribution in [1.29, 1.82) is 0 Å². The number of carbonyl (C=O) groups is 2. The predicted octanol–water partition coefficient (Wildman–Crippen LogP) is 1.74. The van der Waals surface area contributed by atoms with Crippen molar-refractivity contribution < 1.29 is 14.3 Å². The molecule has 5 heteroatoms. The molecule has 1 aliphatic rings. The molecule has 0 heterocycles. The Hall–Kier alpha value is -1.52. The van der Waals surface area contributed by atoms with Gasteiger partial charge in [-0.2, -0.15) is 0 Å². The van der Waals surface area contributed by atoms with Crippen molar-refractivity contribution in [2.24, 2.45) is 0 Å². The third kappa shape index (κ3) is 6.27. The number of nitrogens with one attached hydrogen (secondary N) is 2. The summed E-state index contributed by atoms with van der Waals surface area (Å²) < 4.78 is 4.65. The van der Waals surface area contributed by atoms with E-state index in [0.717, 1.165) is 19.3 Å². The zero-order valence-corrected chi connectivity index (χ0v) is 11.0. The number of hydrogen-bond acceptors (Lipinski definition) is 3. The molecule has 0 spiro atoms. The van der Waals surface area contributed by atoms with Crippen molar-refractivity contribution >= 4 is 12.0 Å². The molecular formula is C13H22N2O3. The molecular weight excluding hydrogens is 232 g/mol. The topological polar surface area (TPSA) is 67.4 Å². The summed E-state index contributed by atoms with van der Waals surface area (Å²) >= 11 is 0. The number of hydrogen-bond donors (Lipinski definition) is 2. The van der Waals surface area contributed by atoms with Crippen molar-refractivity contribution in [2.75, 3.05) is 19.7 Å². The van der Waals surface area contributed by atoms with Gasteiger partial charge in [0.1, 0.15) is 0 Å². The molecule has 0 radical (unpaired) electrons. The highest BCUT2D eigenvalue weighted by Gasteiger charge is 2.06. The molecule has 5 nitrogen and oxygen atoms in total. The fraction of sp³-hybridized carbons (Fsp3) is 0.692. The molecule has 102 valence electrons. The molecule has 0 bridgehead atoms. The molecule has 0 aliphatic heterocycles. The molecule has 0 saturated carbocycles. The van der Waals surface area contributed by atoms with Gasteiger partial charge in [-0.1, -0.05) is 11.6 Å². The summed E-state index contributed by atoms with van der Waals surface area (Å²) in [5.41, 5.74) is 1.43. The van der Waals surface area contributed by atoms with E-state index in [-0.39, 0.29) is 12.5 Å². The zero-order chi connectivity index (χ0) is 13.2. The third-order valence-corrected chi connectivity index (χ3v) is 2.82. The van der Waals surface area contributed by atoms with E-state index in [1.807, 2.05) is 0 Å². The van der Waals surface area contributed by atoms with E-state index in [4.69, 9.17) is 0 Å². The Morgan fingerprint density at radius 2 is 2.17 bits per heavy atom. The minimum Gasteiger partial charge on any atom is -0.450 e. The Bertz CT molecular complexity index is 313. The summed E-state index contributed by atoms with van der Waals surface area (Å²) in [4.78, 5) is 22.3. The van der Waals surface area contributed by atoms with Crippen LogP contribution in [0.2, 0.25) is 0 Å². The van der Waals surface area contributed by atoms with Crippen LogP contribution in [0.1, 0.15) is 39.0 Å². The summed E-state index contributed by atoms with van der Waals surface area (Å²) in [6.45, 7) is 2.63. The van der Waals surface area contributed by atoms with Gasteiger partial charge in [-0.25, -0.2) is 4.79 Å². The minimum absolute atomic E-state index is 0.0299. The quantitative estimate of drug-likeness (QED) is 0.709. The Morgan fingerprint density at radius 1 is 1.33 bits per heavy atom. The van der Waals surface area contributed by atoms with Crippen LogP contribution < -0.4 is 10.6 Å². The molecule has 1 rings (SSSR count). The molecule has 0 aromatic rings. The van der Waals surface area contributed by atoms with Gasteiger partial charge >= 0.3 is 6.09 Å². The predicted molar refractivity (Wildman–Crippen MR) is 69.2 cm³/mol. The summed E-state index contributed by atoms with van der Waals surface area (Å²) in [6.07, 6.45) is 7.47. The van der Waals surface area contributed by atoms with E-state index < -0.39 is 6.09 Å². The second-order valence-corrected chi connectivity index (χ2v) is 4.28. The van der Waals surface area contributed by atoms with E-state index in [1.165, 1.54) is 18.4 Å². The first-order chi connectivity index (χ1) is 8.72. The van der Waals surface area contributed by atoms with Crippen molar-refractivity contribution in [1.82, 2.24) is 10.6 Å². The molecule has 1 aliphatic carbocycles. The first-order valence-corrected chi connectivity index (χ1v) is 6.57. The third-order valence-electron chi connectivity index (χ3n) is 2.82. The van der Waals surface area contributed by atoms with Gasteiger partial charge in [0.2, 0.25) is 5.91 Å². The van der Waals surface area contributed by atoms with Crippen LogP contribution in [0.15, 0.2) is 11.6 Å². The largest absolute Gasteiger partial charge is 0.450 e. The highest BCUT2D eigenvalue weighted by Crippen LogP contribution is 2.19. The molecule has 0 saturated heterocycles. The number of alkyl carbamates (subject to hydrolysis) is 1. The summed E-state index contributed by atoms with van der Waals surface area (Å²) in [5, 5.41) is 5.16. The van der Waals surface area contributed by atoms with Gasteiger partial charge < -0.3 is 15.4 Å². The summed E-state index contributed by atoms with van der Waals surface area (Å²) in [5.74, 6) is -0.181.